The highest BCUT2D eigenvalue weighted by Crippen LogP contribution is 2.19. The summed E-state index contributed by atoms with van der Waals surface area (Å²) < 4.78 is 0. The van der Waals surface area contributed by atoms with Crippen LogP contribution in [0.15, 0.2) is 29.3 Å². The molecule has 1 atom stereocenters. The molecule has 0 radical (unpaired) electrons. The summed E-state index contributed by atoms with van der Waals surface area (Å²) in [6, 6.07) is 7.10. The van der Waals surface area contributed by atoms with Crippen LogP contribution in [0.3, 0.4) is 0 Å². The Kier molecular flexibility index (Phi) is 3.03. The lowest BCUT2D eigenvalue weighted by Gasteiger charge is -2.03. The molecule has 0 saturated carbocycles. The summed E-state index contributed by atoms with van der Waals surface area (Å²) >= 11 is 5.75. The van der Waals surface area contributed by atoms with Crippen molar-refractivity contribution in [2.75, 3.05) is 0 Å². The zero-order chi connectivity index (χ0) is 8.97. The van der Waals surface area contributed by atoms with Gasteiger partial charge in [-0.15, -0.1) is 0 Å². The summed E-state index contributed by atoms with van der Waals surface area (Å²) in [6.07, 6.45) is 1.52. The SMILES string of the molecule is CC(N=C=O)c1cccc(Cl)c1. The van der Waals surface area contributed by atoms with Gasteiger partial charge in [0.15, 0.2) is 0 Å². The standard InChI is InChI=1S/C9H8ClNO/c1-7(11-6-12)8-3-2-4-9(10)5-8/h2-5,7H,1H3. The maximum atomic E-state index is 9.95. The van der Waals surface area contributed by atoms with Gasteiger partial charge in [-0.3, -0.25) is 0 Å². The van der Waals surface area contributed by atoms with Crippen LogP contribution < -0.4 is 0 Å². The third kappa shape index (κ3) is 2.19. The van der Waals surface area contributed by atoms with E-state index in [1.807, 2.05) is 19.1 Å². The van der Waals surface area contributed by atoms with Crippen molar-refractivity contribution in [2.24, 2.45) is 4.99 Å². The second-order valence-electron chi connectivity index (χ2n) is 2.45. The van der Waals surface area contributed by atoms with E-state index in [-0.39, 0.29) is 6.04 Å². The summed E-state index contributed by atoms with van der Waals surface area (Å²) in [5, 5.41) is 0.653. The van der Waals surface area contributed by atoms with Crippen LogP contribution in [-0.4, -0.2) is 6.08 Å². The summed E-state index contributed by atoms with van der Waals surface area (Å²) in [7, 11) is 0. The molecule has 0 heterocycles. The monoisotopic (exact) mass is 181 g/mol. The Morgan fingerprint density at radius 2 is 2.33 bits per heavy atom. The smallest absolute Gasteiger partial charge is 0.211 e. The Balaban J connectivity index is 2.94. The van der Waals surface area contributed by atoms with Crippen LogP contribution in [0.1, 0.15) is 18.5 Å². The number of hydrogen-bond donors (Lipinski definition) is 0. The first-order chi connectivity index (χ1) is 5.74. The molecular weight excluding hydrogens is 174 g/mol. The fraction of sp³-hybridized carbons (Fsp3) is 0.222. The van der Waals surface area contributed by atoms with Gasteiger partial charge in [0.1, 0.15) is 0 Å². The zero-order valence-corrected chi connectivity index (χ0v) is 7.38. The number of hydrogen-bond acceptors (Lipinski definition) is 2. The quantitative estimate of drug-likeness (QED) is 0.510. The summed E-state index contributed by atoms with van der Waals surface area (Å²) in [4.78, 5) is 13.5. The van der Waals surface area contributed by atoms with Crippen LogP contribution in [-0.2, 0) is 4.79 Å². The molecule has 12 heavy (non-hydrogen) atoms. The molecule has 0 aliphatic heterocycles. The molecule has 3 heteroatoms. The first-order valence-electron chi connectivity index (χ1n) is 3.56. The Morgan fingerprint density at radius 3 is 2.92 bits per heavy atom. The molecular formula is C9H8ClNO. The van der Waals surface area contributed by atoms with E-state index in [2.05, 4.69) is 4.99 Å². The third-order valence-electron chi connectivity index (χ3n) is 1.58. The first-order valence-corrected chi connectivity index (χ1v) is 3.94. The summed E-state index contributed by atoms with van der Waals surface area (Å²) in [6.45, 7) is 1.82. The fourth-order valence-electron chi connectivity index (χ4n) is 0.920. The Morgan fingerprint density at radius 1 is 1.58 bits per heavy atom. The molecule has 0 bridgehead atoms. The highest BCUT2D eigenvalue weighted by atomic mass is 35.5. The van der Waals surface area contributed by atoms with E-state index in [0.717, 1.165) is 5.56 Å². The van der Waals surface area contributed by atoms with Crippen LogP contribution >= 0.6 is 11.6 Å². The second-order valence-corrected chi connectivity index (χ2v) is 2.89. The maximum Gasteiger partial charge on any atom is 0.235 e. The Labute approximate surface area is 75.9 Å². The predicted octanol–water partition coefficient (Wildman–Crippen LogP) is 2.74. The first kappa shape index (κ1) is 8.98. The zero-order valence-electron chi connectivity index (χ0n) is 6.62. The average Bonchev–Trinajstić information content (AvgIpc) is 2.05. The van der Waals surface area contributed by atoms with Crippen LogP contribution in [0.2, 0.25) is 5.02 Å². The van der Waals surface area contributed by atoms with Crippen molar-refractivity contribution in [3.63, 3.8) is 0 Å². The number of nitrogens with zero attached hydrogens (tertiary/aromatic N) is 1. The van der Waals surface area contributed by atoms with E-state index in [4.69, 9.17) is 11.6 Å². The molecule has 0 saturated heterocycles. The van der Waals surface area contributed by atoms with E-state index < -0.39 is 0 Å². The molecule has 0 amide bonds. The van der Waals surface area contributed by atoms with Crippen LogP contribution in [0.5, 0.6) is 0 Å². The number of rotatable bonds is 2. The van der Waals surface area contributed by atoms with Gasteiger partial charge in [-0.25, -0.2) is 4.79 Å². The molecule has 0 aromatic heterocycles. The third-order valence-corrected chi connectivity index (χ3v) is 1.81. The van der Waals surface area contributed by atoms with Gasteiger partial charge in [0, 0.05) is 5.02 Å². The number of benzene rings is 1. The average molecular weight is 182 g/mol. The lowest BCUT2D eigenvalue weighted by molar-refractivity contribution is 0.559. The molecule has 1 rings (SSSR count). The van der Waals surface area contributed by atoms with Crippen molar-refractivity contribution in [2.45, 2.75) is 13.0 Å². The largest absolute Gasteiger partial charge is 0.235 e. The number of isocyanates is 1. The summed E-state index contributed by atoms with van der Waals surface area (Å²) in [5.74, 6) is 0. The van der Waals surface area contributed by atoms with Gasteiger partial charge in [-0.05, 0) is 24.6 Å². The van der Waals surface area contributed by atoms with Crippen molar-refractivity contribution in [1.29, 1.82) is 0 Å². The molecule has 0 spiro atoms. The minimum atomic E-state index is -0.166. The molecule has 2 nitrogen and oxygen atoms in total. The van der Waals surface area contributed by atoms with Gasteiger partial charge < -0.3 is 0 Å². The maximum absolute atomic E-state index is 9.95. The van der Waals surface area contributed by atoms with Crippen molar-refractivity contribution in [1.82, 2.24) is 0 Å². The molecule has 1 aromatic rings. The molecule has 0 N–H and O–H groups in total. The highest BCUT2D eigenvalue weighted by Gasteiger charge is 2.02. The van der Waals surface area contributed by atoms with Crippen molar-refractivity contribution in [3.8, 4) is 0 Å². The molecule has 0 aliphatic carbocycles. The fourth-order valence-corrected chi connectivity index (χ4v) is 1.12. The second kappa shape index (κ2) is 4.05. The number of halogens is 1. The molecule has 1 aromatic carbocycles. The van der Waals surface area contributed by atoms with Gasteiger partial charge >= 0.3 is 0 Å². The Hall–Kier alpha value is -1.11. The molecule has 0 fully saturated rings. The van der Waals surface area contributed by atoms with Gasteiger partial charge in [0.25, 0.3) is 0 Å². The van der Waals surface area contributed by atoms with E-state index >= 15 is 0 Å². The van der Waals surface area contributed by atoms with Gasteiger partial charge in [-0.2, -0.15) is 4.99 Å². The van der Waals surface area contributed by atoms with Crippen molar-refractivity contribution in [3.05, 3.63) is 34.9 Å². The number of aliphatic imine (C=N–C) groups is 1. The van der Waals surface area contributed by atoms with Crippen LogP contribution in [0.4, 0.5) is 0 Å². The van der Waals surface area contributed by atoms with Gasteiger partial charge in [-0.1, -0.05) is 23.7 Å². The highest BCUT2D eigenvalue weighted by molar-refractivity contribution is 6.30. The predicted molar refractivity (Wildman–Crippen MR) is 48.0 cm³/mol. The Bertz CT molecular complexity index is 318. The van der Waals surface area contributed by atoms with Gasteiger partial charge in [0.05, 0.1) is 6.04 Å². The molecule has 0 aliphatic rings. The minimum Gasteiger partial charge on any atom is -0.211 e. The number of carbonyl (C=O) groups excluding carboxylic acids is 1. The van der Waals surface area contributed by atoms with E-state index in [0.29, 0.717) is 5.02 Å². The van der Waals surface area contributed by atoms with Crippen molar-refractivity contribution >= 4 is 17.7 Å². The van der Waals surface area contributed by atoms with Crippen molar-refractivity contribution < 1.29 is 4.79 Å². The van der Waals surface area contributed by atoms with Crippen LogP contribution in [0, 0.1) is 0 Å². The normalized spacial score (nSPS) is 11.8. The van der Waals surface area contributed by atoms with Gasteiger partial charge in [0.2, 0.25) is 6.08 Å². The molecule has 1 unspecified atom stereocenters. The lowest BCUT2D eigenvalue weighted by atomic mass is 10.1. The summed E-state index contributed by atoms with van der Waals surface area (Å²) in [5.41, 5.74) is 0.922. The molecule has 62 valence electrons. The van der Waals surface area contributed by atoms with E-state index in [1.165, 1.54) is 6.08 Å². The minimum absolute atomic E-state index is 0.166. The van der Waals surface area contributed by atoms with E-state index in [1.54, 1.807) is 12.1 Å². The van der Waals surface area contributed by atoms with E-state index in [9.17, 15) is 4.79 Å². The lowest BCUT2D eigenvalue weighted by Crippen LogP contribution is -1.87. The topological polar surface area (TPSA) is 29.4 Å². The van der Waals surface area contributed by atoms with Crippen LogP contribution in [0.25, 0.3) is 0 Å².